The molecule has 3 aromatic rings. The first kappa shape index (κ1) is 12.4. The molecule has 0 bridgehead atoms. The lowest BCUT2D eigenvalue weighted by molar-refractivity contribution is 0.637. The normalized spacial score (nSPS) is 20.7. The maximum absolute atomic E-state index is 6.36. The third-order valence-electron chi connectivity index (χ3n) is 4.18. The summed E-state index contributed by atoms with van der Waals surface area (Å²) in [5.41, 5.74) is 8.49. The van der Waals surface area contributed by atoms with Crippen LogP contribution in [0.15, 0.2) is 54.6 Å². The van der Waals surface area contributed by atoms with Crippen LogP contribution < -0.4 is 16.3 Å². The third-order valence-corrected chi connectivity index (χ3v) is 4.18. The Bertz CT molecular complexity index is 931. The van der Waals surface area contributed by atoms with E-state index in [4.69, 9.17) is 5.73 Å². The van der Waals surface area contributed by atoms with Crippen molar-refractivity contribution in [2.45, 2.75) is 18.9 Å². The van der Waals surface area contributed by atoms with Crippen molar-refractivity contribution in [1.29, 1.82) is 0 Å². The van der Waals surface area contributed by atoms with Crippen LogP contribution in [0.25, 0.3) is 28.7 Å². The van der Waals surface area contributed by atoms with Crippen molar-refractivity contribution < 1.29 is 0 Å². The highest BCUT2D eigenvalue weighted by atomic mass is 15.0. The number of benzene rings is 2. The van der Waals surface area contributed by atoms with Crippen molar-refractivity contribution in [2.75, 3.05) is 0 Å². The van der Waals surface area contributed by atoms with Gasteiger partial charge in [-0.05, 0) is 37.6 Å². The number of aromatic nitrogens is 1. The Hall–Kier alpha value is -2.32. The summed E-state index contributed by atoms with van der Waals surface area (Å²) in [6.07, 6.45) is 5.36. The Morgan fingerprint density at radius 2 is 1.71 bits per heavy atom. The molecule has 0 amide bonds. The highest BCUT2D eigenvalue weighted by Crippen LogP contribution is 2.18. The van der Waals surface area contributed by atoms with E-state index >= 15 is 0 Å². The van der Waals surface area contributed by atoms with Crippen LogP contribution in [-0.2, 0) is 0 Å². The first-order chi connectivity index (χ1) is 10.2. The van der Waals surface area contributed by atoms with Crippen LogP contribution in [-0.4, -0.2) is 10.1 Å². The number of hydrogen-bond donors (Lipinski definition) is 1. The Labute approximate surface area is 123 Å². The molecule has 1 aliphatic rings. The lowest BCUT2D eigenvalue weighted by Gasteiger charge is -2.20. The molecular weight excluding hydrogens is 256 g/mol. The molecule has 0 fully saturated rings. The summed E-state index contributed by atoms with van der Waals surface area (Å²) in [6, 6.07) is 19.0. The molecule has 2 nitrogen and oxygen atoms in total. The van der Waals surface area contributed by atoms with Gasteiger partial charge in [0, 0.05) is 21.8 Å². The van der Waals surface area contributed by atoms with Gasteiger partial charge >= 0.3 is 0 Å². The molecule has 1 atom stereocenters. The molecule has 4 rings (SSSR count). The molecule has 2 aromatic carbocycles. The number of nitrogens with zero attached hydrogens (tertiary/aromatic N) is 1. The molecule has 1 aliphatic carbocycles. The van der Waals surface area contributed by atoms with Crippen molar-refractivity contribution in [3.63, 3.8) is 0 Å². The zero-order valence-corrected chi connectivity index (χ0v) is 12.1. The fraction of sp³-hybridized carbons (Fsp3) is 0.158. The van der Waals surface area contributed by atoms with E-state index in [1.807, 2.05) is 6.07 Å². The van der Waals surface area contributed by atoms with Gasteiger partial charge in [-0.3, -0.25) is 0 Å². The highest BCUT2D eigenvalue weighted by Gasteiger charge is 2.20. The quantitative estimate of drug-likeness (QED) is 0.725. The van der Waals surface area contributed by atoms with Gasteiger partial charge in [0.05, 0.1) is 10.9 Å². The monoisotopic (exact) mass is 274 g/mol. The smallest absolute Gasteiger partial charge is 0.0540 e. The predicted octanol–water partition coefficient (Wildman–Crippen LogP) is 2.31. The summed E-state index contributed by atoms with van der Waals surface area (Å²) in [6.45, 7) is 2.08. The molecule has 0 saturated heterocycles. The summed E-state index contributed by atoms with van der Waals surface area (Å²) in [4.78, 5) is 0. The van der Waals surface area contributed by atoms with E-state index in [9.17, 15) is 0 Å². The first-order valence-corrected chi connectivity index (χ1v) is 7.33. The van der Waals surface area contributed by atoms with Crippen molar-refractivity contribution in [3.8, 4) is 5.69 Å². The van der Waals surface area contributed by atoms with Gasteiger partial charge in [0.2, 0.25) is 0 Å². The summed E-state index contributed by atoms with van der Waals surface area (Å²) in [5, 5.41) is 3.80. The number of fused-ring (bicyclic) bond motifs is 3. The summed E-state index contributed by atoms with van der Waals surface area (Å²) >= 11 is 0. The van der Waals surface area contributed by atoms with Gasteiger partial charge in [-0.1, -0.05) is 42.5 Å². The molecule has 1 unspecified atom stereocenters. The second-order valence-corrected chi connectivity index (χ2v) is 6.05. The number of hydrogen-bond acceptors (Lipinski definition) is 1. The average Bonchev–Trinajstić information content (AvgIpc) is 2.80. The van der Waals surface area contributed by atoms with E-state index in [2.05, 4.69) is 72.2 Å². The van der Waals surface area contributed by atoms with E-state index in [1.165, 1.54) is 27.2 Å². The predicted molar refractivity (Wildman–Crippen MR) is 88.7 cm³/mol. The van der Waals surface area contributed by atoms with Crippen LogP contribution in [0.3, 0.4) is 0 Å². The molecule has 2 heteroatoms. The van der Waals surface area contributed by atoms with Crippen molar-refractivity contribution >= 4 is 23.1 Å². The van der Waals surface area contributed by atoms with Crippen LogP contribution in [0.5, 0.6) is 0 Å². The molecule has 2 N–H and O–H groups in total. The van der Waals surface area contributed by atoms with Crippen LogP contribution in [0.1, 0.15) is 13.3 Å². The van der Waals surface area contributed by atoms with E-state index in [-0.39, 0.29) is 5.54 Å². The molecule has 0 radical (unpaired) electrons. The second-order valence-electron chi connectivity index (χ2n) is 6.05. The highest BCUT2D eigenvalue weighted by molar-refractivity contribution is 5.84. The van der Waals surface area contributed by atoms with Crippen molar-refractivity contribution in [3.05, 3.63) is 65.2 Å². The average molecular weight is 274 g/mol. The summed E-state index contributed by atoms with van der Waals surface area (Å²) in [7, 11) is 0. The second kappa shape index (κ2) is 4.34. The Morgan fingerprint density at radius 3 is 2.52 bits per heavy atom. The minimum Gasteiger partial charge on any atom is -0.322 e. The fourth-order valence-corrected chi connectivity index (χ4v) is 3.19. The van der Waals surface area contributed by atoms with E-state index < -0.39 is 0 Å². The van der Waals surface area contributed by atoms with Crippen molar-refractivity contribution in [2.24, 2.45) is 5.73 Å². The van der Waals surface area contributed by atoms with Gasteiger partial charge in [0.1, 0.15) is 0 Å². The van der Waals surface area contributed by atoms with Gasteiger partial charge in [-0.15, -0.1) is 0 Å². The Morgan fingerprint density at radius 1 is 1.00 bits per heavy atom. The van der Waals surface area contributed by atoms with Crippen LogP contribution in [0.4, 0.5) is 0 Å². The van der Waals surface area contributed by atoms with Gasteiger partial charge in [-0.25, -0.2) is 0 Å². The molecule has 0 spiro atoms. The molecule has 1 heterocycles. The van der Waals surface area contributed by atoms with Gasteiger partial charge < -0.3 is 10.3 Å². The number of nitrogens with two attached hydrogens (primary N) is 1. The maximum atomic E-state index is 6.36. The zero-order chi connectivity index (χ0) is 14.4. The minimum absolute atomic E-state index is 0.284. The lowest BCUT2D eigenvalue weighted by Crippen LogP contribution is -2.43. The van der Waals surface area contributed by atoms with E-state index in [1.54, 1.807) is 0 Å². The number of rotatable bonds is 1. The molecule has 104 valence electrons. The molecular formula is C19H18N2. The molecule has 0 aliphatic heterocycles. The van der Waals surface area contributed by atoms with Gasteiger partial charge in [0.25, 0.3) is 0 Å². The van der Waals surface area contributed by atoms with Gasteiger partial charge in [-0.2, -0.15) is 0 Å². The standard InChI is InChI=1S/C19H18N2/c1-19(20)12-11-16-15-9-5-6-10-17(15)21(18(16)13-19)14-7-3-2-4-8-14/h2-11,13H,12,20H2,1H3. The lowest BCUT2D eigenvalue weighted by atomic mass is 9.94. The Balaban J connectivity index is 2.22. The Kier molecular flexibility index (Phi) is 2.57. The topological polar surface area (TPSA) is 30.9 Å². The van der Waals surface area contributed by atoms with E-state index in [0.717, 1.165) is 6.42 Å². The molecule has 21 heavy (non-hydrogen) atoms. The van der Waals surface area contributed by atoms with Crippen LogP contribution in [0, 0.1) is 0 Å². The van der Waals surface area contributed by atoms with Crippen LogP contribution in [0.2, 0.25) is 0 Å². The maximum Gasteiger partial charge on any atom is 0.0540 e. The molecule has 0 saturated carbocycles. The fourth-order valence-electron chi connectivity index (χ4n) is 3.19. The zero-order valence-electron chi connectivity index (χ0n) is 12.1. The molecule has 1 aromatic heterocycles. The SMILES string of the molecule is CC1(N)C=c2c(c3ccccc3n2-c2ccccc2)=CC1. The van der Waals surface area contributed by atoms with Crippen LogP contribution >= 0.6 is 0 Å². The van der Waals surface area contributed by atoms with E-state index in [0.29, 0.717) is 0 Å². The van der Waals surface area contributed by atoms with Crippen molar-refractivity contribution in [1.82, 2.24) is 4.57 Å². The first-order valence-electron chi connectivity index (χ1n) is 7.33. The third kappa shape index (κ3) is 1.91. The van der Waals surface area contributed by atoms with Gasteiger partial charge in [0.15, 0.2) is 0 Å². The minimum atomic E-state index is -0.284. The summed E-state index contributed by atoms with van der Waals surface area (Å²) < 4.78 is 2.31. The summed E-state index contributed by atoms with van der Waals surface area (Å²) in [5.74, 6) is 0. The number of para-hydroxylation sites is 2. The largest absolute Gasteiger partial charge is 0.322 e.